The van der Waals surface area contributed by atoms with Crippen molar-refractivity contribution in [3.8, 4) is 11.1 Å². The van der Waals surface area contributed by atoms with Crippen LogP contribution in [0.1, 0.15) is 62.5 Å². The predicted molar refractivity (Wildman–Crippen MR) is 131 cm³/mol. The van der Waals surface area contributed by atoms with E-state index >= 15 is 0 Å². The van der Waals surface area contributed by atoms with Crippen molar-refractivity contribution in [1.82, 2.24) is 10.6 Å². The van der Waals surface area contributed by atoms with E-state index in [-0.39, 0.29) is 30.4 Å². The van der Waals surface area contributed by atoms with Crippen LogP contribution in [0.2, 0.25) is 0 Å². The molecular formula is C28H32N2O5. The van der Waals surface area contributed by atoms with Gasteiger partial charge in [0.15, 0.2) is 0 Å². The molecule has 7 heteroatoms. The number of carbonyl (C=O) groups excluding carboxylic acids is 2. The van der Waals surface area contributed by atoms with Crippen molar-refractivity contribution in [3.63, 3.8) is 0 Å². The lowest BCUT2D eigenvalue weighted by Crippen LogP contribution is -2.50. The second-order valence-corrected chi connectivity index (χ2v) is 10.2. The van der Waals surface area contributed by atoms with E-state index in [0.29, 0.717) is 19.3 Å². The third kappa shape index (κ3) is 3.97. The number of alkyl carbamates (subject to hydrolysis) is 1. The van der Waals surface area contributed by atoms with E-state index in [2.05, 4.69) is 34.9 Å². The molecule has 2 amide bonds. The van der Waals surface area contributed by atoms with E-state index in [1.807, 2.05) is 31.2 Å². The first-order valence-electron chi connectivity index (χ1n) is 12.5. The van der Waals surface area contributed by atoms with Crippen molar-refractivity contribution in [2.45, 2.75) is 57.4 Å². The van der Waals surface area contributed by atoms with E-state index < -0.39 is 23.5 Å². The summed E-state index contributed by atoms with van der Waals surface area (Å²) in [5, 5.41) is 15.0. The summed E-state index contributed by atoms with van der Waals surface area (Å²) in [6.45, 7) is 2.26. The second-order valence-electron chi connectivity index (χ2n) is 10.2. The number of carboxylic acids is 1. The van der Waals surface area contributed by atoms with Crippen molar-refractivity contribution in [2.75, 3.05) is 13.2 Å². The predicted octanol–water partition coefficient (Wildman–Crippen LogP) is 4.46. The number of hydrogen-bond donors (Lipinski definition) is 3. The van der Waals surface area contributed by atoms with Crippen LogP contribution in [-0.2, 0) is 14.3 Å². The first-order valence-corrected chi connectivity index (χ1v) is 12.5. The highest BCUT2D eigenvalue weighted by atomic mass is 16.5. The molecule has 2 fully saturated rings. The van der Waals surface area contributed by atoms with Gasteiger partial charge in [0.25, 0.3) is 0 Å². The summed E-state index contributed by atoms with van der Waals surface area (Å²) in [6.07, 6.45) is 4.07. The highest BCUT2D eigenvalue weighted by Crippen LogP contribution is 2.73. The lowest BCUT2D eigenvalue weighted by Gasteiger charge is -2.33. The fraction of sp³-hybridized carbons (Fsp3) is 0.464. The Hall–Kier alpha value is -3.35. The largest absolute Gasteiger partial charge is 0.480 e. The summed E-state index contributed by atoms with van der Waals surface area (Å²) >= 11 is 0. The van der Waals surface area contributed by atoms with Gasteiger partial charge in [-0.3, -0.25) is 4.79 Å². The summed E-state index contributed by atoms with van der Waals surface area (Å²) in [5.41, 5.74) is 3.74. The summed E-state index contributed by atoms with van der Waals surface area (Å²) in [6, 6.07) is 15.4. The molecular weight excluding hydrogens is 444 g/mol. The number of benzene rings is 2. The third-order valence-corrected chi connectivity index (χ3v) is 8.33. The Bertz CT molecular complexity index is 1110. The molecule has 0 heterocycles. The van der Waals surface area contributed by atoms with Gasteiger partial charge >= 0.3 is 12.1 Å². The SMILES string of the molecule is CCC[C@H](NC(=O)C1(CNC(=O)OCC2c3ccccc3-c3ccccc32)CC12CCC2)C(=O)O. The molecule has 0 radical (unpaired) electrons. The third-order valence-electron chi connectivity index (χ3n) is 8.33. The average Bonchev–Trinajstić information content (AvgIpc) is 3.45. The standard InChI is InChI=1S/C28H32N2O5/c1-2-8-23(24(31)32)30-25(33)28(16-27(28)13-7-14-27)17-29-26(34)35-15-22-20-11-5-3-9-18(20)19-10-4-6-12-21(19)22/h3-6,9-12,22-23H,2,7-8,13-17H2,1H3,(H,29,34)(H,30,33)(H,31,32)/t23-,28?/m0/s1. The number of ether oxygens (including phenoxy) is 1. The molecule has 0 aromatic heterocycles. The lowest BCUT2D eigenvalue weighted by molar-refractivity contribution is -0.143. The van der Waals surface area contributed by atoms with E-state index in [1.54, 1.807) is 0 Å². The number of carbonyl (C=O) groups is 3. The Labute approximate surface area is 205 Å². The Morgan fingerprint density at radius 2 is 1.69 bits per heavy atom. The zero-order valence-corrected chi connectivity index (χ0v) is 20.0. The summed E-state index contributed by atoms with van der Waals surface area (Å²) < 4.78 is 5.64. The van der Waals surface area contributed by atoms with Gasteiger partial charge in [0.05, 0.1) is 5.41 Å². The number of aliphatic carboxylic acids is 1. The van der Waals surface area contributed by atoms with Gasteiger partial charge in [0, 0.05) is 12.5 Å². The van der Waals surface area contributed by atoms with Gasteiger partial charge < -0.3 is 20.5 Å². The van der Waals surface area contributed by atoms with Crippen LogP contribution < -0.4 is 10.6 Å². The minimum atomic E-state index is -1.02. The monoisotopic (exact) mass is 476 g/mol. The summed E-state index contributed by atoms with van der Waals surface area (Å²) in [7, 11) is 0. The number of nitrogens with one attached hydrogen (secondary N) is 2. The van der Waals surface area contributed by atoms with Crippen molar-refractivity contribution >= 4 is 18.0 Å². The molecule has 184 valence electrons. The van der Waals surface area contributed by atoms with Gasteiger partial charge in [-0.15, -0.1) is 0 Å². The smallest absolute Gasteiger partial charge is 0.407 e. The zero-order chi connectivity index (χ0) is 24.6. The Morgan fingerprint density at radius 1 is 1.06 bits per heavy atom. The van der Waals surface area contributed by atoms with Crippen LogP contribution in [0.3, 0.4) is 0 Å². The second kappa shape index (κ2) is 9.02. The van der Waals surface area contributed by atoms with E-state index in [4.69, 9.17) is 4.74 Å². The summed E-state index contributed by atoms with van der Waals surface area (Å²) in [5.74, 6) is -1.32. The molecule has 35 heavy (non-hydrogen) atoms. The van der Waals surface area contributed by atoms with Crippen molar-refractivity contribution < 1.29 is 24.2 Å². The first-order chi connectivity index (χ1) is 16.9. The van der Waals surface area contributed by atoms with E-state index in [1.165, 1.54) is 0 Å². The molecule has 1 unspecified atom stereocenters. The average molecular weight is 477 g/mol. The molecule has 0 saturated heterocycles. The molecule has 0 bridgehead atoms. The maximum absolute atomic E-state index is 13.2. The molecule has 3 aliphatic carbocycles. The molecule has 0 aliphatic heterocycles. The van der Waals surface area contributed by atoms with Gasteiger partial charge in [0.2, 0.25) is 5.91 Å². The Balaban J connectivity index is 1.22. The maximum atomic E-state index is 13.2. The molecule has 2 aromatic carbocycles. The Kier molecular flexibility index (Phi) is 6.03. The van der Waals surface area contributed by atoms with Gasteiger partial charge in [-0.05, 0) is 53.4 Å². The fourth-order valence-corrected chi connectivity index (χ4v) is 6.16. The van der Waals surface area contributed by atoms with Crippen LogP contribution >= 0.6 is 0 Å². The van der Waals surface area contributed by atoms with Crippen LogP contribution in [-0.4, -0.2) is 42.3 Å². The number of fused-ring (bicyclic) bond motifs is 3. The topological polar surface area (TPSA) is 105 Å². The number of carboxylic acid groups (broad SMARTS) is 1. The lowest BCUT2D eigenvalue weighted by atomic mass is 9.74. The minimum Gasteiger partial charge on any atom is -0.480 e. The molecule has 3 aliphatic rings. The Morgan fingerprint density at radius 3 is 2.20 bits per heavy atom. The van der Waals surface area contributed by atoms with Crippen LogP contribution in [0, 0.1) is 10.8 Å². The van der Waals surface area contributed by atoms with Crippen molar-refractivity contribution in [1.29, 1.82) is 0 Å². The highest BCUT2D eigenvalue weighted by Gasteiger charge is 2.73. The van der Waals surface area contributed by atoms with E-state index in [9.17, 15) is 19.5 Å². The molecule has 3 N–H and O–H groups in total. The van der Waals surface area contributed by atoms with E-state index in [0.717, 1.165) is 41.5 Å². The fourth-order valence-electron chi connectivity index (χ4n) is 6.16. The van der Waals surface area contributed by atoms with Crippen LogP contribution in [0.5, 0.6) is 0 Å². The molecule has 2 atom stereocenters. The van der Waals surface area contributed by atoms with Crippen LogP contribution in [0.25, 0.3) is 11.1 Å². The summed E-state index contributed by atoms with van der Waals surface area (Å²) in [4.78, 5) is 37.5. The van der Waals surface area contributed by atoms with Gasteiger partial charge in [-0.2, -0.15) is 0 Å². The first kappa shape index (κ1) is 23.4. The highest BCUT2D eigenvalue weighted by molar-refractivity contribution is 5.91. The van der Waals surface area contributed by atoms with Crippen LogP contribution in [0.4, 0.5) is 4.79 Å². The number of hydrogen-bond acceptors (Lipinski definition) is 4. The molecule has 2 aromatic rings. The van der Waals surface area contributed by atoms with Crippen molar-refractivity contribution in [2.24, 2.45) is 10.8 Å². The maximum Gasteiger partial charge on any atom is 0.407 e. The number of amides is 2. The zero-order valence-electron chi connectivity index (χ0n) is 20.0. The van der Waals surface area contributed by atoms with Crippen molar-refractivity contribution in [3.05, 3.63) is 59.7 Å². The van der Waals surface area contributed by atoms with Gasteiger partial charge in [0.1, 0.15) is 12.6 Å². The van der Waals surface area contributed by atoms with Gasteiger partial charge in [-0.25, -0.2) is 9.59 Å². The molecule has 2 saturated carbocycles. The number of rotatable bonds is 9. The molecule has 7 nitrogen and oxygen atoms in total. The normalized spacial score (nSPS) is 21.9. The molecule has 5 rings (SSSR count). The molecule has 1 spiro atoms. The quantitative estimate of drug-likeness (QED) is 0.496. The minimum absolute atomic E-state index is 0.0327. The van der Waals surface area contributed by atoms with Crippen LogP contribution in [0.15, 0.2) is 48.5 Å². The van der Waals surface area contributed by atoms with Gasteiger partial charge in [-0.1, -0.05) is 68.3 Å².